The van der Waals surface area contributed by atoms with Crippen LogP contribution in [-0.4, -0.2) is 35.2 Å². The number of hydrogen-bond donors (Lipinski definition) is 1. The highest BCUT2D eigenvalue weighted by Gasteiger charge is 2.25. The Morgan fingerprint density at radius 1 is 1.00 bits per heavy atom. The van der Waals surface area contributed by atoms with E-state index >= 15 is 0 Å². The maximum atomic E-state index is 9.66. The fourth-order valence-corrected chi connectivity index (χ4v) is 3.29. The molecule has 3 nitrogen and oxygen atoms in total. The van der Waals surface area contributed by atoms with Crippen molar-refractivity contribution in [1.29, 1.82) is 0 Å². The zero-order valence-corrected chi connectivity index (χ0v) is 14.0. The van der Waals surface area contributed by atoms with Gasteiger partial charge in [0.15, 0.2) is 0 Å². The summed E-state index contributed by atoms with van der Waals surface area (Å²) in [5.41, 5.74) is 2.39. The fourth-order valence-electron chi connectivity index (χ4n) is 3.29. The number of hydrogen-bond acceptors (Lipinski definition) is 3. The Labute approximate surface area is 138 Å². The number of ether oxygens (including phenoxy) is 1. The summed E-state index contributed by atoms with van der Waals surface area (Å²) < 4.78 is 6.16. The highest BCUT2D eigenvalue weighted by atomic mass is 16.5. The SMILES string of the molecule is CC(C)(CN1CCc2ccc(O)cc2CC1)Oc1ccccc1. The summed E-state index contributed by atoms with van der Waals surface area (Å²) in [4.78, 5) is 2.46. The molecule has 0 spiro atoms. The van der Waals surface area contributed by atoms with E-state index in [0.717, 1.165) is 38.2 Å². The Balaban J connectivity index is 1.62. The summed E-state index contributed by atoms with van der Waals surface area (Å²) >= 11 is 0. The molecule has 122 valence electrons. The normalized spacial score (nSPS) is 15.7. The van der Waals surface area contributed by atoms with Crippen LogP contribution in [0.25, 0.3) is 0 Å². The fraction of sp³-hybridized carbons (Fsp3) is 0.400. The molecule has 1 aliphatic rings. The minimum Gasteiger partial charge on any atom is -0.508 e. The molecule has 1 heterocycles. The number of rotatable bonds is 4. The van der Waals surface area contributed by atoms with Crippen molar-refractivity contribution in [1.82, 2.24) is 4.90 Å². The molecular formula is C20H25NO2. The van der Waals surface area contributed by atoms with E-state index in [1.807, 2.05) is 36.4 Å². The second-order valence-corrected chi connectivity index (χ2v) is 6.90. The van der Waals surface area contributed by atoms with E-state index in [1.54, 1.807) is 6.07 Å². The number of phenolic OH excluding ortho intramolecular Hbond substituents is 1. The van der Waals surface area contributed by atoms with Crippen LogP contribution in [0.2, 0.25) is 0 Å². The van der Waals surface area contributed by atoms with Crippen LogP contribution in [0.4, 0.5) is 0 Å². The zero-order valence-electron chi connectivity index (χ0n) is 14.0. The monoisotopic (exact) mass is 311 g/mol. The van der Waals surface area contributed by atoms with Gasteiger partial charge in [0.1, 0.15) is 17.1 Å². The average molecular weight is 311 g/mol. The molecule has 0 unspecified atom stereocenters. The molecule has 0 bridgehead atoms. The van der Waals surface area contributed by atoms with Crippen LogP contribution >= 0.6 is 0 Å². The smallest absolute Gasteiger partial charge is 0.120 e. The molecule has 2 aromatic rings. The van der Waals surface area contributed by atoms with E-state index in [4.69, 9.17) is 4.74 Å². The van der Waals surface area contributed by atoms with Crippen molar-refractivity contribution >= 4 is 0 Å². The van der Waals surface area contributed by atoms with Crippen LogP contribution in [0.3, 0.4) is 0 Å². The molecule has 0 radical (unpaired) electrons. The standard InChI is InChI=1S/C20H25NO2/c1-20(2,23-19-6-4-3-5-7-19)15-21-12-10-16-8-9-18(22)14-17(16)11-13-21/h3-9,14,22H,10-13,15H2,1-2H3. The number of benzene rings is 2. The van der Waals surface area contributed by atoms with Gasteiger partial charge in [-0.3, -0.25) is 4.90 Å². The number of aromatic hydroxyl groups is 1. The Morgan fingerprint density at radius 3 is 2.43 bits per heavy atom. The molecular weight excluding hydrogens is 286 g/mol. The largest absolute Gasteiger partial charge is 0.508 e. The van der Waals surface area contributed by atoms with Gasteiger partial charge in [0.05, 0.1) is 0 Å². The van der Waals surface area contributed by atoms with Crippen molar-refractivity contribution < 1.29 is 9.84 Å². The zero-order chi connectivity index (χ0) is 16.3. The summed E-state index contributed by atoms with van der Waals surface area (Å²) in [6.45, 7) is 7.20. The van der Waals surface area contributed by atoms with Crippen molar-refractivity contribution in [2.45, 2.75) is 32.3 Å². The summed E-state index contributed by atoms with van der Waals surface area (Å²) in [7, 11) is 0. The highest BCUT2D eigenvalue weighted by molar-refractivity contribution is 5.36. The topological polar surface area (TPSA) is 32.7 Å². The molecule has 0 amide bonds. The lowest BCUT2D eigenvalue weighted by atomic mass is 10.0. The predicted molar refractivity (Wildman–Crippen MR) is 93.1 cm³/mol. The van der Waals surface area contributed by atoms with Crippen molar-refractivity contribution in [2.75, 3.05) is 19.6 Å². The minimum atomic E-state index is -0.236. The first-order valence-corrected chi connectivity index (χ1v) is 8.29. The van der Waals surface area contributed by atoms with Gasteiger partial charge in [-0.25, -0.2) is 0 Å². The first-order valence-electron chi connectivity index (χ1n) is 8.29. The summed E-state index contributed by atoms with van der Waals surface area (Å²) in [5, 5.41) is 9.66. The first-order chi connectivity index (χ1) is 11.0. The van der Waals surface area contributed by atoms with Gasteiger partial charge < -0.3 is 9.84 Å². The number of fused-ring (bicyclic) bond motifs is 1. The molecule has 2 aromatic carbocycles. The van der Waals surface area contributed by atoms with E-state index in [2.05, 4.69) is 24.8 Å². The maximum absolute atomic E-state index is 9.66. The Hall–Kier alpha value is -2.00. The average Bonchev–Trinajstić information content (AvgIpc) is 2.70. The van der Waals surface area contributed by atoms with Gasteiger partial charge in [0, 0.05) is 19.6 Å². The van der Waals surface area contributed by atoms with E-state index in [-0.39, 0.29) is 5.60 Å². The van der Waals surface area contributed by atoms with Gasteiger partial charge >= 0.3 is 0 Å². The van der Waals surface area contributed by atoms with Crippen LogP contribution in [0, 0.1) is 0 Å². The van der Waals surface area contributed by atoms with Crippen molar-refractivity contribution in [2.24, 2.45) is 0 Å². The molecule has 23 heavy (non-hydrogen) atoms. The second kappa shape index (κ2) is 6.63. The third kappa shape index (κ3) is 4.26. The molecule has 3 heteroatoms. The van der Waals surface area contributed by atoms with Crippen molar-refractivity contribution in [3.63, 3.8) is 0 Å². The van der Waals surface area contributed by atoms with Gasteiger partial charge in [-0.2, -0.15) is 0 Å². The predicted octanol–water partition coefficient (Wildman–Crippen LogP) is 3.65. The van der Waals surface area contributed by atoms with Gasteiger partial charge in [0.25, 0.3) is 0 Å². The molecule has 0 fully saturated rings. The second-order valence-electron chi connectivity index (χ2n) is 6.90. The molecule has 0 saturated carbocycles. The molecule has 3 rings (SSSR count). The van der Waals surface area contributed by atoms with E-state index in [9.17, 15) is 5.11 Å². The van der Waals surface area contributed by atoms with Gasteiger partial charge in [-0.1, -0.05) is 24.3 Å². The lowest BCUT2D eigenvalue weighted by Gasteiger charge is -2.32. The third-order valence-corrected chi connectivity index (χ3v) is 4.33. The van der Waals surface area contributed by atoms with Crippen LogP contribution in [0.15, 0.2) is 48.5 Å². The lowest BCUT2D eigenvalue weighted by Crippen LogP contribution is -2.43. The quantitative estimate of drug-likeness (QED) is 0.935. The summed E-state index contributed by atoms with van der Waals surface area (Å²) in [5.74, 6) is 1.28. The van der Waals surface area contributed by atoms with Crippen LogP contribution in [-0.2, 0) is 12.8 Å². The van der Waals surface area contributed by atoms with Crippen LogP contribution in [0.1, 0.15) is 25.0 Å². The molecule has 0 aromatic heterocycles. The number of phenols is 1. The van der Waals surface area contributed by atoms with Crippen LogP contribution in [0.5, 0.6) is 11.5 Å². The first kappa shape index (κ1) is 15.9. The molecule has 0 saturated heterocycles. The molecule has 0 aliphatic carbocycles. The lowest BCUT2D eigenvalue weighted by molar-refractivity contribution is 0.0610. The minimum absolute atomic E-state index is 0.236. The summed E-state index contributed by atoms with van der Waals surface area (Å²) in [6, 6.07) is 15.8. The summed E-state index contributed by atoms with van der Waals surface area (Å²) in [6.07, 6.45) is 2.00. The maximum Gasteiger partial charge on any atom is 0.120 e. The third-order valence-electron chi connectivity index (χ3n) is 4.33. The Morgan fingerprint density at radius 2 is 1.70 bits per heavy atom. The Kier molecular flexibility index (Phi) is 4.58. The van der Waals surface area contributed by atoms with Gasteiger partial charge in [-0.05, 0) is 62.1 Å². The highest BCUT2D eigenvalue weighted by Crippen LogP contribution is 2.23. The Bertz CT molecular complexity index is 652. The molecule has 1 aliphatic heterocycles. The van der Waals surface area contributed by atoms with Crippen molar-refractivity contribution in [3.8, 4) is 11.5 Å². The van der Waals surface area contributed by atoms with Crippen molar-refractivity contribution in [3.05, 3.63) is 59.7 Å². The van der Waals surface area contributed by atoms with E-state index in [0.29, 0.717) is 5.75 Å². The number of para-hydroxylation sites is 1. The molecule has 1 N–H and O–H groups in total. The van der Waals surface area contributed by atoms with Gasteiger partial charge in [-0.15, -0.1) is 0 Å². The van der Waals surface area contributed by atoms with E-state index < -0.39 is 0 Å². The van der Waals surface area contributed by atoms with Gasteiger partial charge in [0.2, 0.25) is 0 Å². The van der Waals surface area contributed by atoms with Crippen LogP contribution < -0.4 is 4.74 Å². The molecule has 0 atom stereocenters. The van der Waals surface area contributed by atoms with E-state index in [1.165, 1.54) is 11.1 Å². The number of nitrogens with zero attached hydrogens (tertiary/aromatic N) is 1.